The number of nitrogens with one attached hydrogen (secondary N) is 2. The predicted molar refractivity (Wildman–Crippen MR) is 87.8 cm³/mol. The van der Waals surface area contributed by atoms with Crippen LogP contribution in [0.15, 0.2) is 34.2 Å². The van der Waals surface area contributed by atoms with Gasteiger partial charge in [0.25, 0.3) is 0 Å². The summed E-state index contributed by atoms with van der Waals surface area (Å²) in [6.45, 7) is 1.97. The zero-order valence-electron chi connectivity index (χ0n) is 13.1. The van der Waals surface area contributed by atoms with E-state index in [1.54, 1.807) is 6.20 Å². The van der Waals surface area contributed by atoms with Crippen LogP contribution in [0.1, 0.15) is 42.8 Å². The van der Waals surface area contributed by atoms with Gasteiger partial charge in [-0.3, -0.25) is 9.79 Å². The fraction of sp³-hybridized carbons (Fsp3) is 0.312. The van der Waals surface area contributed by atoms with E-state index in [1.165, 1.54) is 6.33 Å². The monoisotopic (exact) mass is 324 g/mol. The number of hydrogen-bond acceptors (Lipinski definition) is 7. The molecule has 8 heteroatoms. The second-order valence-electron chi connectivity index (χ2n) is 5.74. The highest BCUT2D eigenvalue weighted by Crippen LogP contribution is 2.28. The van der Waals surface area contributed by atoms with Gasteiger partial charge in [-0.15, -0.1) is 0 Å². The third-order valence-electron chi connectivity index (χ3n) is 4.06. The SMILES string of the molecule is C[C@@H](Nc1ncnc2c1CCC(=O)N2)c1cc(C2=NC=CC2)no1. The maximum absolute atomic E-state index is 11.5. The molecule has 24 heavy (non-hydrogen) atoms. The zero-order valence-corrected chi connectivity index (χ0v) is 13.1. The lowest BCUT2D eigenvalue weighted by molar-refractivity contribution is -0.116. The molecule has 4 rings (SSSR count). The van der Waals surface area contributed by atoms with Gasteiger partial charge in [-0.1, -0.05) is 11.2 Å². The third-order valence-corrected chi connectivity index (χ3v) is 4.06. The van der Waals surface area contributed by atoms with E-state index in [0.717, 1.165) is 23.4 Å². The smallest absolute Gasteiger partial charge is 0.225 e. The summed E-state index contributed by atoms with van der Waals surface area (Å²) in [5, 5.41) is 10.2. The Labute approximate surface area is 138 Å². The molecule has 0 bridgehead atoms. The number of allylic oxidation sites excluding steroid dienone is 1. The van der Waals surface area contributed by atoms with Gasteiger partial charge in [0.1, 0.15) is 23.7 Å². The van der Waals surface area contributed by atoms with Gasteiger partial charge in [-0.05, 0) is 13.3 Å². The van der Waals surface area contributed by atoms with Crippen molar-refractivity contribution >= 4 is 23.3 Å². The highest BCUT2D eigenvalue weighted by atomic mass is 16.5. The fourth-order valence-corrected chi connectivity index (χ4v) is 2.75. The Hall–Kier alpha value is -3.03. The van der Waals surface area contributed by atoms with E-state index in [1.807, 2.05) is 19.1 Å². The summed E-state index contributed by atoms with van der Waals surface area (Å²) in [6, 6.07) is 1.76. The van der Waals surface area contributed by atoms with Gasteiger partial charge in [0.05, 0.1) is 11.8 Å². The van der Waals surface area contributed by atoms with Crippen molar-refractivity contribution in [2.45, 2.75) is 32.2 Å². The molecule has 0 fully saturated rings. The maximum atomic E-state index is 11.5. The highest BCUT2D eigenvalue weighted by molar-refractivity contribution is 6.01. The van der Waals surface area contributed by atoms with Crippen LogP contribution in [0.5, 0.6) is 0 Å². The Morgan fingerprint density at radius 3 is 3.08 bits per heavy atom. The Morgan fingerprint density at radius 2 is 2.25 bits per heavy atom. The normalized spacial score (nSPS) is 17.2. The van der Waals surface area contributed by atoms with E-state index in [9.17, 15) is 4.79 Å². The average Bonchev–Trinajstić information content (AvgIpc) is 3.26. The quantitative estimate of drug-likeness (QED) is 0.893. The first-order valence-electron chi connectivity index (χ1n) is 7.79. The molecule has 0 aromatic carbocycles. The number of hydrogen-bond donors (Lipinski definition) is 2. The molecule has 0 saturated carbocycles. The Kier molecular flexibility index (Phi) is 3.56. The molecular weight excluding hydrogens is 308 g/mol. The summed E-state index contributed by atoms with van der Waals surface area (Å²) in [6.07, 6.45) is 7.00. The Bertz CT molecular complexity index is 854. The average molecular weight is 324 g/mol. The number of amides is 1. The van der Waals surface area contributed by atoms with E-state index in [-0.39, 0.29) is 11.9 Å². The van der Waals surface area contributed by atoms with E-state index in [4.69, 9.17) is 4.52 Å². The second-order valence-corrected chi connectivity index (χ2v) is 5.74. The van der Waals surface area contributed by atoms with Crippen LogP contribution in [0.3, 0.4) is 0 Å². The van der Waals surface area contributed by atoms with Crippen molar-refractivity contribution in [1.29, 1.82) is 0 Å². The summed E-state index contributed by atoms with van der Waals surface area (Å²) >= 11 is 0. The van der Waals surface area contributed by atoms with Gasteiger partial charge in [-0.25, -0.2) is 9.97 Å². The van der Waals surface area contributed by atoms with Crippen molar-refractivity contribution in [2.75, 3.05) is 10.6 Å². The van der Waals surface area contributed by atoms with E-state index < -0.39 is 0 Å². The summed E-state index contributed by atoms with van der Waals surface area (Å²) < 4.78 is 5.44. The van der Waals surface area contributed by atoms with Gasteiger partial charge in [-0.2, -0.15) is 0 Å². The van der Waals surface area contributed by atoms with Crippen LogP contribution in [-0.4, -0.2) is 26.7 Å². The minimum absolute atomic E-state index is 0.0222. The first-order valence-corrected chi connectivity index (χ1v) is 7.79. The van der Waals surface area contributed by atoms with E-state index in [2.05, 4.69) is 30.8 Å². The standard InChI is InChI=1S/C16H16N6O2/c1-9(13-7-12(22-24-13)11-3-2-6-17-11)20-15-10-4-5-14(23)21-16(10)19-8-18-15/h2,6-9H,3-5H2,1H3,(H2,18,19,20,21,23)/t9-/m1/s1. The Morgan fingerprint density at radius 1 is 1.33 bits per heavy atom. The molecule has 2 aromatic heterocycles. The first kappa shape index (κ1) is 14.6. The fourth-order valence-electron chi connectivity index (χ4n) is 2.75. The maximum Gasteiger partial charge on any atom is 0.225 e. The molecule has 0 radical (unpaired) electrons. The van der Waals surface area contributed by atoms with Gasteiger partial charge in [0, 0.05) is 30.7 Å². The number of carbonyl (C=O) groups is 1. The van der Waals surface area contributed by atoms with Crippen molar-refractivity contribution in [3.8, 4) is 0 Å². The highest BCUT2D eigenvalue weighted by Gasteiger charge is 2.22. The lowest BCUT2D eigenvalue weighted by atomic mass is 10.1. The van der Waals surface area contributed by atoms with E-state index in [0.29, 0.717) is 30.2 Å². The lowest BCUT2D eigenvalue weighted by Gasteiger charge is -2.20. The molecule has 8 nitrogen and oxygen atoms in total. The molecule has 1 atom stereocenters. The predicted octanol–water partition coefficient (Wildman–Crippen LogP) is 2.23. The molecule has 0 spiro atoms. The number of rotatable bonds is 4. The number of aromatic nitrogens is 3. The second kappa shape index (κ2) is 5.88. The van der Waals surface area contributed by atoms with Gasteiger partial charge < -0.3 is 15.2 Å². The molecule has 2 aliphatic rings. The summed E-state index contributed by atoms with van der Waals surface area (Å²) in [4.78, 5) is 24.2. The van der Waals surface area contributed by atoms with Crippen LogP contribution in [0.4, 0.5) is 11.6 Å². The molecular formula is C16H16N6O2. The van der Waals surface area contributed by atoms with Crippen LogP contribution in [0.25, 0.3) is 0 Å². The van der Waals surface area contributed by atoms with Crippen molar-refractivity contribution in [3.63, 3.8) is 0 Å². The molecule has 2 aliphatic heterocycles. The largest absolute Gasteiger partial charge is 0.360 e. The summed E-state index contributed by atoms with van der Waals surface area (Å²) in [5.74, 6) is 1.95. The van der Waals surface area contributed by atoms with Crippen molar-refractivity contribution in [1.82, 2.24) is 15.1 Å². The van der Waals surface area contributed by atoms with Crippen molar-refractivity contribution in [3.05, 3.63) is 41.7 Å². The molecule has 122 valence electrons. The van der Waals surface area contributed by atoms with Crippen LogP contribution in [-0.2, 0) is 11.2 Å². The summed E-state index contributed by atoms with van der Waals surface area (Å²) in [7, 11) is 0. The summed E-state index contributed by atoms with van der Waals surface area (Å²) in [5.41, 5.74) is 2.56. The minimum atomic E-state index is -0.127. The van der Waals surface area contributed by atoms with Gasteiger partial charge >= 0.3 is 0 Å². The molecule has 1 amide bonds. The number of anilines is 2. The molecule has 2 aromatic rings. The molecule has 0 saturated heterocycles. The zero-order chi connectivity index (χ0) is 16.5. The van der Waals surface area contributed by atoms with Crippen molar-refractivity contribution < 1.29 is 9.32 Å². The van der Waals surface area contributed by atoms with Crippen molar-refractivity contribution in [2.24, 2.45) is 4.99 Å². The number of nitrogens with zero attached hydrogens (tertiary/aromatic N) is 4. The number of fused-ring (bicyclic) bond motifs is 1. The van der Waals surface area contributed by atoms with Crippen LogP contribution in [0.2, 0.25) is 0 Å². The van der Waals surface area contributed by atoms with Gasteiger partial charge in [0.2, 0.25) is 5.91 Å². The van der Waals surface area contributed by atoms with E-state index >= 15 is 0 Å². The molecule has 0 unspecified atom stereocenters. The van der Waals surface area contributed by atoms with Gasteiger partial charge in [0.15, 0.2) is 5.76 Å². The topological polar surface area (TPSA) is 105 Å². The Balaban J connectivity index is 1.53. The lowest BCUT2D eigenvalue weighted by Crippen LogP contribution is -2.22. The molecule has 2 N–H and O–H groups in total. The number of carbonyl (C=O) groups excluding carboxylic acids is 1. The van der Waals surface area contributed by atoms with Crippen LogP contribution < -0.4 is 10.6 Å². The molecule has 4 heterocycles. The van der Waals surface area contributed by atoms with Crippen LogP contribution >= 0.6 is 0 Å². The third kappa shape index (κ3) is 2.66. The first-order chi connectivity index (χ1) is 11.7. The molecule has 0 aliphatic carbocycles. The number of aliphatic imine (C=N–C) groups is 1. The minimum Gasteiger partial charge on any atom is -0.360 e. The van der Waals surface area contributed by atoms with Crippen LogP contribution in [0, 0.1) is 0 Å².